The van der Waals surface area contributed by atoms with E-state index in [-0.39, 0.29) is 11.5 Å². The van der Waals surface area contributed by atoms with Crippen molar-refractivity contribution in [1.29, 1.82) is 0 Å². The Morgan fingerprint density at radius 3 is 2.33 bits per heavy atom. The van der Waals surface area contributed by atoms with Crippen molar-refractivity contribution in [2.45, 2.75) is 26.8 Å². The normalized spacial score (nSPS) is 14.8. The number of esters is 1. The van der Waals surface area contributed by atoms with Crippen LogP contribution in [0, 0.1) is 0 Å². The highest BCUT2D eigenvalue weighted by atomic mass is 32.1. The molecule has 5 rings (SSSR count). The molecule has 0 aliphatic carbocycles. The molecule has 0 spiro atoms. The zero-order chi connectivity index (χ0) is 28.2. The van der Waals surface area contributed by atoms with Gasteiger partial charge in [0.1, 0.15) is 11.5 Å². The first-order chi connectivity index (χ1) is 19.3. The van der Waals surface area contributed by atoms with E-state index in [2.05, 4.69) is 10.3 Å². The molecule has 1 aliphatic rings. The molecule has 0 saturated heterocycles. The summed E-state index contributed by atoms with van der Waals surface area (Å²) in [5.41, 5.74) is 2.83. The van der Waals surface area contributed by atoms with Crippen LogP contribution in [0.2, 0.25) is 0 Å². The maximum Gasteiger partial charge on any atom is 0.308 e. The highest BCUT2D eigenvalue weighted by Crippen LogP contribution is 2.31. The summed E-state index contributed by atoms with van der Waals surface area (Å²) in [4.78, 5) is 43.9. The smallest absolute Gasteiger partial charge is 0.308 e. The van der Waals surface area contributed by atoms with Crippen molar-refractivity contribution in [3.8, 4) is 11.5 Å². The third-order valence-corrected chi connectivity index (χ3v) is 7.23. The predicted octanol–water partition coefficient (Wildman–Crippen LogP) is 4.20. The summed E-state index contributed by atoms with van der Waals surface area (Å²) in [5, 5.41) is 2.95. The first-order valence-corrected chi connectivity index (χ1v) is 13.6. The summed E-state index contributed by atoms with van der Waals surface area (Å²) in [6.45, 7) is 5.56. The van der Waals surface area contributed by atoms with Crippen LogP contribution >= 0.6 is 11.3 Å². The first-order valence-electron chi connectivity index (χ1n) is 12.7. The molecule has 0 unspecified atom stereocenters. The van der Waals surface area contributed by atoms with E-state index in [0.717, 1.165) is 11.1 Å². The molecule has 9 heteroatoms. The van der Waals surface area contributed by atoms with Gasteiger partial charge < -0.3 is 14.8 Å². The molecule has 202 valence electrons. The topological polar surface area (TPSA) is 99.0 Å². The SMILES string of the molecule is CCOc1ccc([C@H]2C(C(=O)Nc3ccccc3)=C(C)N=c3s/c(=C\c4ccc(OC(C)=O)cc4)c(=O)n32)cc1. The van der Waals surface area contributed by atoms with Gasteiger partial charge >= 0.3 is 5.97 Å². The van der Waals surface area contributed by atoms with Crippen LogP contribution in [-0.2, 0) is 9.59 Å². The van der Waals surface area contributed by atoms with Gasteiger partial charge in [-0.05, 0) is 67.4 Å². The van der Waals surface area contributed by atoms with E-state index in [1.54, 1.807) is 41.8 Å². The Hall–Kier alpha value is -4.76. The summed E-state index contributed by atoms with van der Waals surface area (Å²) >= 11 is 1.26. The molecule has 0 saturated carbocycles. The molecule has 8 nitrogen and oxygen atoms in total. The van der Waals surface area contributed by atoms with Crippen LogP contribution in [0.4, 0.5) is 5.69 Å². The quantitative estimate of drug-likeness (QED) is 0.273. The van der Waals surface area contributed by atoms with E-state index >= 15 is 0 Å². The number of carbonyl (C=O) groups is 2. The van der Waals surface area contributed by atoms with Gasteiger partial charge in [-0.3, -0.25) is 19.0 Å². The monoisotopic (exact) mass is 553 g/mol. The average molecular weight is 554 g/mol. The molecule has 1 N–H and O–H groups in total. The summed E-state index contributed by atoms with van der Waals surface area (Å²) in [7, 11) is 0. The molecule has 0 bridgehead atoms. The Bertz CT molecular complexity index is 1770. The van der Waals surface area contributed by atoms with Crippen LogP contribution in [0.3, 0.4) is 0 Å². The van der Waals surface area contributed by atoms with Crippen molar-refractivity contribution in [2.24, 2.45) is 4.99 Å². The van der Waals surface area contributed by atoms with E-state index in [1.807, 2.05) is 61.5 Å². The maximum absolute atomic E-state index is 13.9. The molecule has 0 radical (unpaired) electrons. The Balaban J connectivity index is 1.61. The van der Waals surface area contributed by atoms with Gasteiger partial charge in [0.25, 0.3) is 11.5 Å². The van der Waals surface area contributed by atoms with Crippen molar-refractivity contribution >= 4 is 35.0 Å². The van der Waals surface area contributed by atoms with Gasteiger partial charge in [-0.1, -0.05) is 53.8 Å². The fourth-order valence-electron chi connectivity index (χ4n) is 4.51. The number of carbonyl (C=O) groups excluding carboxylic acids is 2. The molecule has 1 atom stereocenters. The molecule has 4 aromatic rings. The van der Waals surface area contributed by atoms with Crippen molar-refractivity contribution in [3.63, 3.8) is 0 Å². The number of ether oxygens (including phenoxy) is 2. The van der Waals surface area contributed by atoms with Crippen molar-refractivity contribution in [2.75, 3.05) is 11.9 Å². The molecule has 3 aromatic carbocycles. The predicted molar refractivity (Wildman–Crippen MR) is 154 cm³/mol. The first kappa shape index (κ1) is 26.8. The molecule has 1 aliphatic heterocycles. The van der Waals surface area contributed by atoms with Gasteiger partial charge in [0.2, 0.25) is 0 Å². The van der Waals surface area contributed by atoms with Crippen LogP contribution < -0.4 is 29.7 Å². The zero-order valence-electron chi connectivity index (χ0n) is 22.2. The lowest BCUT2D eigenvalue weighted by Gasteiger charge is -2.25. The fourth-order valence-corrected chi connectivity index (χ4v) is 5.56. The van der Waals surface area contributed by atoms with Gasteiger partial charge in [-0.25, -0.2) is 4.99 Å². The van der Waals surface area contributed by atoms with E-state index < -0.39 is 12.0 Å². The van der Waals surface area contributed by atoms with E-state index in [1.165, 1.54) is 18.3 Å². The van der Waals surface area contributed by atoms with Gasteiger partial charge in [0, 0.05) is 12.6 Å². The largest absolute Gasteiger partial charge is 0.494 e. The third kappa shape index (κ3) is 5.64. The minimum Gasteiger partial charge on any atom is -0.494 e. The van der Waals surface area contributed by atoms with Crippen molar-refractivity contribution in [3.05, 3.63) is 121 Å². The second-order valence-electron chi connectivity index (χ2n) is 9.07. The zero-order valence-corrected chi connectivity index (χ0v) is 23.0. The summed E-state index contributed by atoms with van der Waals surface area (Å²) in [5.74, 6) is 0.387. The van der Waals surface area contributed by atoms with Crippen LogP contribution in [0.1, 0.15) is 37.9 Å². The molecule has 1 amide bonds. The summed E-state index contributed by atoms with van der Waals surface area (Å²) in [6.07, 6.45) is 1.76. The van der Waals surface area contributed by atoms with Gasteiger partial charge in [0.15, 0.2) is 4.80 Å². The average Bonchev–Trinajstić information content (AvgIpc) is 3.24. The number of nitrogens with one attached hydrogen (secondary N) is 1. The molecular weight excluding hydrogens is 526 g/mol. The number of amides is 1. The van der Waals surface area contributed by atoms with Crippen LogP contribution in [0.25, 0.3) is 6.08 Å². The molecule has 40 heavy (non-hydrogen) atoms. The lowest BCUT2D eigenvalue weighted by Crippen LogP contribution is -2.40. The van der Waals surface area contributed by atoms with Crippen molar-refractivity contribution < 1.29 is 19.1 Å². The Morgan fingerprint density at radius 1 is 1.00 bits per heavy atom. The lowest BCUT2D eigenvalue weighted by molar-refractivity contribution is -0.131. The van der Waals surface area contributed by atoms with Gasteiger partial charge in [-0.15, -0.1) is 0 Å². The lowest BCUT2D eigenvalue weighted by atomic mass is 9.95. The summed E-state index contributed by atoms with van der Waals surface area (Å²) < 4.78 is 12.7. The van der Waals surface area contributed by atoms with E-state index in [0.29, 0.717) is 44.4 Å². The highest BCUT2D eigenvalue weighted by Gasteiger charge is 2.32. The number of allylic oxidation sites excluding steroid dienone is 1. The molecule has 2 heterocycles. The number of hydrogen-bond acceptors (Lipinski definition) is 7. The third-order valence-electron chi connectivity index (χ3n) is 6.24. The second-order valence-corrected chi connectivity index (χ2v) is 10.1. The number of para-hydroxylation sites is 1. The van der Waals surface area contributed by atoms with Crippen LogP contribution in [0.15, 0.2) is 99.9 Å². The number of fused-ring (bicyclic) bond motifs is 1. The molecular formula is C31H27N3O5S. The number of hydrogen-bond donors (Lipinski definition) is 1. The highest BCUT2D eigenvalue weighted by molar-refractivity contribution is 7.07. The number of anilines is 1. The number of nitrogens with zero attached hydrogens (tertiary/aromatic N) is 2. The van der Waals surface area contributed by atoms with Crippen LogP contribution in [-0.4, -0.2) is 23.1 Å². The maximum atomic E-state index is 13.9. The van der Waals surface area contributed by atoms with E-state index in [9.17, 15) is 14.4 Å². The Morgan fingerprint density at radius 2 is 1.68 bits per heavy atom. The number of thiazole rings is 1. The molecule has 1 aromatic heterocycles. The Labute approximate surface area is 234 Å². The minimum absolute atomic E-state index is 0.260. The number of aromatic nitrogens is 1. The number of benzene rings is 3. The summed E-state index contributed by atoms with van der Waals surface area (Å²) in [6, 6.07) is 22.8. The second kappa shape index (κ2) is 11.5. The van der Waals surface area contributed by atoms with Gasteiger partial charge in [-0.2, -0.15) is 0 Å². The van der Waals surface area contributed by atoms with Crippen LogP contribution in [0.5, 0.6) is 11.5 Å². The minimum atomic E-state index is -0.691. The Kier molecular flexibility index (Phi) is 7.75. The standard InChI is InChI=1S/C31H27N3O5S/c1-4-38-24-16-12-22(13-17-24)28-27(29(36)33-23-8-6-5-7-9-23)19(2)32-31-34(28)30(37)26(40-31)18-21-10-14-25(15-11-21)39-20(3)35/h5-18,28H,4H2,1-3H3,(H,33,36)/b26-18-/t28-/m0/s1. The molecule has 0 fully saturated rings. The van der Waals surface area contributed by atoms with E-state index in [4.69, 9.17) is 9.47 Å². The van der Waals surface area contributed by atoms with Gasteiger partial charge in [0.05, 0.1) is 28.5 Å². The number of rotatable bonds is 7. The van der Waals surface area contributed by atoms with Crippen molar-refractivity contribution in [1.82, 2.24) is 4.57 Å². The fraction of sp³-hybridized carbons (Fsp3) is 0.161.